The van der Waals surface area contributed by atoms with Gasteiger partial charge >= 0.3 is 0 Å². The molecule has 23 heavy (non-hydrogen) atoms. The van der Waals surface area contributed by atoms with Gasteiger partial charge in [0.1, 0.15) is 5.01 Å². The molecule has 0 amide bonds. The van der Waals surface area contributed by atoms with Gasteiger partial charge in [0.2, 0.25) is 4.96 Å². The second kappa shape index (κ2) is 4.76. The summed E-state index contributed by atoms with van der Waals surface area (Å²) in [5, 5.41) is 15.4. The van der Waals surface area contributed by atoms with Gasteiger partial charge in [-0.25, -0.2) is 0 Å². The fraction of sp³-hybridized carbons (Fsp3) is 0. The first kappa shape index (κ1) is 12.5. The van der Waals surface area contributed by atoms with Gasteiger partial charge in [0.15, 0.2) is 5.82 Å². The molecule has 3 heterocycles. The number of hydrogen-bond donors (Lipinski definition) is 1. The molecule has 5 rings (SSSR count). The van der Waals surface area contributed by atoms with Crippen LogP contribution in [0.15, 0.2) is 60.8 Å². The smallest absolute Gasteiger partial charge is 0.235 e. The van der Waals surface area contributed by atoms with Gasteiger partial charge in [-0.05, 0) is 6.07 Å². The van der Waals surface area contributed by atoms with Gasteiger partial charge < -0.3 is 4.98 Å². The first-order valence-electron chi connectivity index (χ1n) is 7.24. The zero-order chi connectivity index (χ0) is 15.2. The summed E-state index contributed by atoms with van der Waals surface area (Å²) in [5.74, 6) is 0.767. The molecule has 0 aliphatic rings. The summed E-state index contributed by atoms with van der Waals surface area (Å²) in [6.07, 6.45) is 2.00. The molecule has 0 fully saturated rings. The van der Waals surface area contributed by atoms with E-state index in [0.717, 1.165) is 32.4 Å². The summed E-state index contributed by atoms with van der Waals surface area (Å²) in [4.78, 5) is 4.09. The number of H-pyrrole nitrogens is 1. The van der Waals surface area contributed by atoms with E-state index >= 15 is 0 Å². The van der Waals surface area contributed by atoms with Crippen molar-refractivity contribution in [3.8, 4) is 22.0 Å². The highest BCUT2D eigenvalue weighted by molar-refractivity contribution is 7.19. The maximum atomic E-state index is 4.73. The second-order valence-corrected chi connectivity index (χ2v) is 6.20. The Kier molecular flexibility index (Phi) is 2.59. The van der Waals surface area contributed by atoms with Crippen molar-refractivity contribution in [3.05, 3.63) is 60.8 Å². The molecule has 3 aromatic heterocycles. The molecule has 2 aromatic carbocycles. The molecule has 0 saturated heterocycles. The standard InChI is InChI=1S/C17H11N5S/c1-2-6-11(7-3-1)15-19-20-17-22(15)21-16(23-17)13-10-18-14-9-5-4-8-12(13)14/h1-10,18H. The number of fused-ring (bicyclic) bond motifs is 2. The summed E-state index contributed by atoms with van der Waals surface area (Å²) < 4.78 is 1.82. The van der Waals surface area contributed by atoms with E-state index in [-0.39, 0.29) is 0 Å². The highest BCUT2D eigenvalue weighted by Gasteiger charge is 2.16. The molecule has 0 saturated carbocycles. The van der Waals surface area contributed by atoms with Gasteiger partial charge in [-0.15, -0.1) is 10.2 Å². The van der Waals surface area contributed by atoms with Crippen LogP contribution in [0.3, 0.4) is 0 Å². The maximum absolute atomic E-state index is 4.73. The van der Waals surface area contributed by atoms with Crippen molar-refractivity contribution in [2.45, 2.75) is 0 Å². The van der Waals surface area contributed by atoms with Crippen LogP contribution >= 0.6 is 11.3 Å². The summed E-state index contributed by atoms with van der Waals surface area (Å²) in [6.45, 7) is 0. The highest BCUT2D eigenvalue weighted by atomic mass is 32.1. The van der Waals surface area contributed by atoms with Gasteiger partial charge in [-0.1, -0.05) is 59.9 Å². The first-order chi connectivity index (χ1) is 11.4. The molecule has 0 aliphatic carbocycles. The number of hydrogen-bond acceptors (Lipinski definition) is 4. The van der Waals surface area contributed by atoms with E-state index < -0.39 is 0 Å². The molecule has 0 unspecified atom stereocenters. The molecule has 1 N–H and O–H groups in total. The first-order valence-corrected chi connectivity index (χ1v) is 8.06. The van der Waals surface area contributed by atoms with Crippen LogP contribution in [0.1, 0.15) is 0 Å². The van der Waals surface area contributed by atoms with Crippen LogP contribution < -0.4 is 0 Å². The molecule has 0 radical (unpaired) electrons. The Morgan fingerprint density at radius 3 is 2.65 bits per heavy atom. The lowest BCUT2D eigenvalue weighted by Gasteiger charge is -1.95. The number of aromatic amines is 1. The predicted octanol–water partition coefficient (Wildman–Crippen LogP) is 4.00. The SMILES string of the molecule is c1ccc(-c2nnc3sc(-c4c[nH]c5ccccc45)nn23)cc1. The van der Waals surface area contributed by atoms with E-state index in [1.165, 1.54) is 5.39 Å². The summed E-state index contributed by atoms with van der Waals surface area (Å²) in [6, 6.07) is 18.2. The average Bonchev–Trinajstić information content (AvgIpc) is 3.28. The molecule has 5 aromatic rings. The Morgan fingerprint density at radius 1 is 0.913 bits per heavy atom. The molecular formula is C17H11N5S. The Morgan fingerprint density at radius 2 is 1.74 bits per heavy atom. The third-order valence-electron chi connectivity index (χ3n) is 3.84. The van der Waals surface area contributed by atoms with Crippen LogP contribution in [0.2, 0.25) is 0 Å². The molecular weight excluding hydrogens is 306 g/mol. The number of benzene rings is 2. The van der Waals surface area contributed by atoms with Crippen molar-refractivity contribution in [3.63, 3.8) is 0 Å². The summed E-state index contributed by atoms with van der Waals surface area (Å²) in [7, 11) is 0. The normalized spacial score (nSPS) is 11.5. The van der Waals surface area contributed by atoms with Gasteiger partial charge in [-0.2, -0.15) is 9.61 Å². The number of aromatic nitrogens is 5. The van der Waals surface area contributed by atoms with Gasteiger partial charge in [0, 0.05) is 28.2 Å². The van der Waals surface area contributed by atoms with E-state index in [1.807, 2.05) is 53.2 Å². The largest absolute Gasteiger partial charge is 0.360 e. The topological polar surface area (TPSA) is 58.9 Å². The van der Waals surface area contributed by atoms with Gasteiger partial charge in [0.25, 0.3) is 0 Å². The minimum absolute atomic E-state index is 0.767. The lowest BCUT2D eigenvalue weighted by Crippen LogP contribution is -1.90. The van der Waals surface area contributed by atoms with Crippen molar-refractivity contribution < 1.29 is 0 Å². The lowest BCUT2D eigenvalue weighted by atomic mass is 10.2. The van der Waals surface area contributed by atoms with Gasteiger partial charge in [-0.3, -0.25) is 0 Å². The minimum Gasteiger partial charge on any atom is -0.360 e. The lowest BCUT2D eigenvalue weighted by molar-refractivity contribution is 0.971. The third kappa shape index (κ3) is 1.89. The Bertz CT molecular complexity index is 1120. The van der Waals surface area contributed by atoms with E-state index in [9.17, 15) is 0 Å². The number of rotatable bonds is 2. The van der Waals surface area contributed by atoms with Crippen molar-refractivity contribution >= 4 is 27.2 Å². The summed E-state index contributed by atoms with van der Waals surface area (Å²) in [5.41, 5.74) is 3.21. The molecule has 110 valence electrons. The Labute approximate surface area is 135 Å². The summed E-state index contributed by atoms with van der Waals surface area (Å²) >= 11 is 1.54. The average molecular weight is 317 g/mol. The number of nitrogens with one attached hydrogen (secondary N) is 1. The van der Waals surface area contributed by atoms with E-state index in [1.54, 1.807) is 11.3 Å². The van der Waals surface area contributed by atoms with Crippen LogP contribution in [0.4, 0.5) is 0 Å². The molecule has 0 spiro atoms. The maximum Gasteiger partial charge on any atom is 0.235 e. The fourth-order valence-electron chi connectivity index (χ4n) is 2.74. The van der Waals surface area contributed by atoms with Gasteiger partial charge in [0.05, 0.1) is 0 Å². The van der Waals surface area contributed by atoms with Crippen LogP contribution in [-0.2, 0) is 0 Å². The Balaban J connectivity index is 1.71. The van der Waals surface area contributed by atoms with Crippen molar-refractivity contribution in [2.24, 2.45) is 0 Å². The number of para-hydroxylation sites is 1. The third-order valence-corrected chi connectivity index (χ3v) is 4.77. The highest BCUT2D eigenvalue weighted by Crippen LogP contribution is 2.32. The molecule has 5 nitrogen and oxygen atoms in total. The van der Waals surface area contributed by atoms with E-state index in [0.29, 0.717) is 0 Å². The Hall–Kier alpha value is -2.99. The van der Waals surface area contributed by atoms with Crippen LogP contribution in [0.25, 0.3) is 37.8 Å². The zero-order valence-corrected chi connectivity index (χ0v) is 12.8. The molecule has 0 aliphatic heterocycles. The van der Waals surface area contributed by atoms with Crippen LogP contribution in [0.5, 0.6) is 0 Å². The zero-order valence-electron chi connectivity index (χ0n) is 12.0. The van der Waals surface area contributed by atoms with Crippen LogP contribution in [0, 0.1) is 0 Å². The minimum atomic E-state index is 0.767. The predicted molar refractivity (Wildman–Crippen MR) is 91.4 cm³/mol. The van der Waals surface area contributed by atoms with Crippen molar-refractivity contribution in [1.29, 1.82) is 0 Å². The van der Waals surface area contributed by atoms with Crippen LogP contribution in [-0.4, -0.2) is 24.8 Å². The molecule has 0 bridgehead atoms. The number of nitrogens with zero attached hydrogens (tertiary/aromatic N) is 4. The monoisotopic (exact) mass is 317 g/mol. The second-order valence-electron chi connectivity index (χ2n) is 5.24. The van der Waals surface area contributed by atoms with Crippen molar-refractivity contribution in [1.82, 2.24) is 24.8 Å². The quantitative estimate of drug-likeness (QED) is 0.535. The van der Waals surface area contributed by atoms with Crippen molar-refractivity contribution in [2.75, 3.05) is 0 Å². The molecule has 6 heteroatoms. The van der Waals surface area contributed by atoms with E-state index in [2.05, 4.69) is 27.3 Å². The van der Waals surface area contributed by atoms with E-state index in [4.69, 9.17) is 5.10 Å². The fourth-order valence-corrected chi connectivity index (χ4v) is 3.61. The molecule has 0 atom stereocenters.